The maximum absolute atomic E-state index is 13.3. The second kappa shape index (κ2) is 14.8. The number of likely N-dealkylation sites (tertiary alicyclic amines) is 1. The van der Waals surface area contributed by atoms with E-state index in [1.165, 1.54) is 17.0 Å². The van der Waals surface area contributed by atoms with E-state index < -0.39 is 6.09 Å². The number of likely N-dealkylation sites (N-methyl/N-ethyl adjacent to an activating group) is 1. The van der Waals surface area contributed by atoms with Gasteiger partial charge in [-0.15, -0.1) is 34.0 Å². The number of fused-ring (bicyclic) bond motifs is 1. The summed E-state index contributed by atoms with van der Waals surface area (Å²) in [6.45, 7) is 6.31. The van der Waals surface area contributed by atoms with Crippen LogP contribution in [-0.2, 0) is 6.54 Å². The molecule has 1 aliphatic rings. The van der Waals surface area contributed by atoms with Gasteiger partial charge >= 0.3 is 6.09 Å². The number of hydrogen-bond acceptors (Lipinski definition) is 4. The molecule has 11 heteroatoms. The number of aromatic nitrogens is 2. The Morgan fingerprint density at radius 1 is 1.14 bits per heavy atom. The molecule has 1 amide bonds. The van der Waals surface area contributed by atoms with Gasteiger partial charge in [0.15, 0.2) is 5.16 Å². The Bertz CT molecular complexity index is 1060. The fraction of sp³-hybridized carbons (Fsp3) is 0.417. The second-order valence-electron chi connectivity index (χ2n) is 8.12. The zero-order valence-electron chi connectivity index (χ0n) is 19.6. The van der Waals surface area contributed by atoms with Gasteiger partial charge in [-0.05, 0) is 62.7 Å². The molecule has 7 nitrogen and oxygen atoms in total. The number of carboxylic acid groups (broad SMARTS) is 1. The van der Waals surface area contributed by atoms with E-state index in [4.69, 9.17) is 4.98 Å². The summed E-state index contributed by atoms with van der Waals surface area (Å²) in [5.41, 5.74) is 3.11. The first-order valence-electron chi connectivity index (χ1n) is 11.1. The first kappa shape index (κ1) is 31.4. The minimum absolute atomic E-state index is 0. The van der Waals surface area contributed by atoms with Crippen LogP contribution in [0.3, 0.4) is 0 Å². The highest BCUT2D eigenvalue weighted by molar-refractivity contribution is 8.93. The molecular formula is C24H33Br2FN4O3S. The maximum Gasteiger partial charge on any atom is 0.407 e. The van der Waals surface area contributed by atoms with Crippen LogP contribution < -0.4 is 0 Å². The van der Waals surface area contributed by atoms with E-state index in [1.54, 1.807) is 0 Å². The van der Waals surface area contributed by atoms with Gasteiger partial charge in [-0.25, -0.2) is 14.2 Å². The summed E-state index contributed by atoms with van der Waals surface area (Å²) >= 11 is 1.82. The third-order valence-corrected chi connectivity index (χ3v) is 7.35. The van der Waals surface area contributed by atoms with E-state index in [2.05, 4.69) is 15.5 Å². The van der Waals surface area contributed by atoms with Gasteiger partial charge in [0.2, 0.25) is 0 Å². The molecule has 1 saturated heterocycles. The Balaban J connectivity index is 0.00000204. The van der Waals surface area contributed by atoms with Gasteiger partial charge in [-0.3, -0.25) is 0 Å². The SMILES string of the molecule is Br.Br.CCN(CCN1CCC(Sc2nc3ccccc3n2Cc2ccc(F)cc2)CC1)C(=O)O.O. The third-order valence-electron chi connectivity index (χ3n) is 6.02. The van der Waals surface area contributed by atoms with E-state index in [9.17, 15) is 14.3 Å². The minimum atomic E-state index is -0.849. The van der Waals surface area contributed by atoms with Gasteiger partial charge in [0.25, 0.3) is 0 Å². The molecule has 194 valence electrons. The van der Waals surface area contributed by atoms with E-state index in [1.807, 2.05) is 49.0 Å². The third kappa shape index (κ3) is 8.18. The van der Waals surface area contributed by atoms with Crippen molar-refractivity contribution in [3.63, 3.8) is 0 Å². The molecule has 35 heavy (non-hydrogen) atoms. The molecule has 0 radical (unpaired) electrons. The standard InChI is InChI=1S/C24H29FN4O2S.2BrH.H2O/c1-2-28(24(30)31)16-15-27-13-11-20(12-14-27)32-23-26-21-5-3-4-6-22(21)29(23)17-18-7-9-19(25)10-8-18;;;/h3-10,20H,2,11-17H2,1H3,(H,30,31);2*1H;1H2. The van der Waals surface area contributed by atoms with Crippen LogP contribution in [0.4, 0.5) is 9.18 Å². The molecule has 0 aliphatic carbocycles. The fourth-order valence-electron chi connectivity index (χ4n) is 4.12. The molecule has 0 atom stereocenters. The zero-order chi connectivity index (χ0) is 22.5. The number of amides is 1. The van der Waals surface area contributed by atoms with Crippen LogP contribution in [0.1, 0.15) is 25.3 Å². The van der Waals surface area contributed by atoms with Crippen LogP contribution in [0.25, 0.3) is 11.0 Å². The minimum Gasteiger partial charge on any atom is -0.465 e. The number of imidazole rings is 1. The van der Waals surface area contributed by atoms with Gasteiger partial charge in [-0.1, -0.05) is 36.0 Å². The van der Waals surface area contributed by atoms with Gasteiger partial charge in [0.05, 0.1) is 17.6 Å². The topological polar surface area (TPSA) is 93.1 Å². The molecule has 0 saturated carbocycles. The van der Waals surface area contributed by atoms with Gasteiger partial charge in [0.1, 0.15) is 5.82 Å². The average molecular weight is 636 g/mol. The number of rotatable bonds is 8. The number of halogens is 3. The number of nitrogens with zero attached hydrogens (tertiary/aromatic N) is 4. The summed E-state index contributed by atoms with van der Waals surface area (Å²) in [6.07, 6.45) is 1.24. The summed E-state index contributed by atoms with van der Waals surface area (Å²) in [5, 5.41) is 10.7. The van der Waals surface area contributed by atoms with Crippen molar-refractivity contribution in [3.8, 4) is 0 Å². The number of hydrogen-bond donors (Lipinski definition) is 1. The number of carbonyl (C=O) groups is 1. The monoisotopic (exact) mass is 634 g/mol. The largest absolute Gasteiger partial charge is 0.465 e. The summed E-state index contributed by atoms with van der Waals surface area (Å²) in [4.78, 5) is 19.9. The van der Waals surface area contributed by atoms with Gasteiger partial charge in [-0.2, -0.15) is 0 Å². The van der Waals surface area contributed by atoms with Crippen molar-refractivity contribution in [1.29, 1.82) is 0 Å². The van der Waals surface area contributed by atoms with E-state index in [0.29, 0.717) is 24.9 Å². The highest BCUT2D eigenvalue weighted by Crippen LogP contribution is 2.32. The van der Waals surface area contributed by atoms with Crippen LogP contribution in [0, 0.1) is 5.82 Å². The lowest BCUT2D eigenvalue weighted by Gasteiger charge is -2.32. The molecule has 1 aliphatic heterocycles. The summed E-state index contributed by atoms with van der Waals surface area (Å²) < 4.78 is 15.6. The lowest BCUT2D eigenvalue weighted by molar-refractivity contribution is 0.135. The smallest absolute Gasteiger partial charge is 0.407 e. The first-order chi connectivity index (χ1) is 15.5. The Labute approximate surface area is 230 Å². The average Bonchev–Trinajstić information content (AvgIpc) is 3.13. The first-order valence-corrected chi connectivity index (χ1v) is 12.0. The summed E-state index contributed by atoms with van der Waals surface area (Å²) in [5.74, 6) is -0.226. The molecule has 0 bridgehead atoms. The van der Waals surface area contributed by atoms with Crippen molar-refractivity contribution in [1.82, 2.24) is 19.4 Å². The van der Waals surface area contributed by atoms with Crippen LogP contribution in [0.2, 0.25) is 0 Å². The highest BCUT2D eigenvalue weighted by Gasteiger charge is 2.23. The normalized spacial score (nSPS) is 14.0. The van der Waals surface area contributed by atoms with E-state index in [0.717, 1.165) is 54.2 Å². The zero-order valence-corrected chi connectivity index (χ0v) is 23.8. The number of piperidine rings is 1. The molecule has 2 heterocycles. The molecule has 2 aromatic carbocycles. The van der Waals surface area contributed by atoms with Crippen LogP contribution in [-0.4, -0.2) is 74.0 Å². The van der Waals surface area contributed by atoms with E-state index >= 15 is 0 Å². The van der Waals surface area contributed by atoms with Crippen molar-refractivity contribution in [3.05, 3.63) is 59.9 Å². The molecule has 1 aromatic heterocycles. The predicted molar refractivity (Wildman–Crippen MR) is 150 cm³/mol. The fourth-order valence-corrected chi connectivity index (χ4v) is 5.31. The quantitative estimate of drug-likeness (QED) is 0.371. The Morgan fingerprint density at radius 2 is 1.80 bits per heavy atom. The predicted octanol–water partition coefficient (Wildman–Crippen LogP) is 5.11. The lowest BCUT2D eigenvalue weighted by Crippen LogP contribution is -2.41. The van der Waals surface area contributed by atoms with E-state index in [-0.39, 0.29) is 45.3 Å². The Morgan fingerprint density at radius 3 is 2.43 bits per heavy atom. The second-order valence-corrected chi connectivity index (χ2v) is 9.38. The van der Waals surface area contributed by atoms with Gasteiger partial charge < -0.3 is 24.9 Å². The molecule has 0 unspecified atom stereocenters. The van der Waals surface area contributed by atoms with Crippen molar-refractivity contribution in [2.45, 2.75) is 36.7 Å². The number of benzene rings is 2. The molecule has 3 N–H and O–H groups in total. The number of para-hydroxylation sites is 2. The summed E-state index contributed by atoms with van der Waals surface area (Å²) in [6, 6.07) is 14.8. The van der Waals surface area contributed by atoms with Gasteiger partial charge in [0, 0.05) is 24.9 Å². The van der Waals surface area contributed by atoms with Crippen molar-refractivity contribution < 1.29 is 19.8 Å². The van der Waals surface area contributed by atoms with Crippen molar-refractivity contribution in [2.75, 3.05) is 32.7 Å². The molecule has 3 aromatic rings. The Hall–Kier alpha value is -1.66. The highest BCUT2D eigenvalue weighted by atomic mass is 79.9. The van der Waals surface area contributed by atoms with Crippen molar-refractivity contribution in [2.24, 2.45) is 0 Å². The molecule has 0 spiro atoms. The van der Waals surface area contributed by atoms with Crippen LogP contribution >= 0.6 is 45.7 Å². The maximum atomic E-state index is 13.3. The van der Waals surface area contributed by atoms with Crippen molar-refractivity contribution >= 4 is 62.9 Å². The Kier molecular flexibility index (Phi) is 13.3. The summed E-state index contributed by atoms with van der Waals surface area (Å²) in [7, 11) is 0. The van der Waals surface area contributed by atoms with Crippen LogP contribution in [0.5, 0.6) is 0 Å². The molecule has 1 fully saturated rings. The number of thioether (sulfide) groups is 1. The van der Waals surface area contributed by atoms with Crippen LogP contribution in [0.15, 0.2) is 53.7 Å². The lowest BCUT2D eigenvalue weighted by atomic mass is 10.1. The molecule has 4 rings (SSSR count). The molecular weight excluding hydrogens is 603 g/mol.